The van der Waals surface area contributed by atoms with Crippen LogP contribution in [0.5, 0.6) is 0 Å². The number of nitro benzene ring substituents is 1. The van der Waals surface area contributed by atoms with Crippen LogP contribution in [0.4, 0.5) is 5.69 Å². The maximum atomic E-state index is 12.8. The summed E-state index contributed by atoms with van der Waals surface area (Å²) >= 11 is 0. The van der Waals surface area contributed by atoms with Gasteiger partial charge >= 0.3 is 0 Å². The highest BCUT2D eigenvalue weighted by atomic mass is 17.0. The molecule has 32 heavy (non-hydrogen) atoms. The molecule has 0 N–H and O–H groups in total. The Morgan fingerprint density at radius 3 is 1.72 bits per heavy atom. The molecule has 172 valence electrons. The Balaban J connectivity index is 1.56. The van der Waals surface area contributed by atoms with E-state index < -0.39 is 33.2 Å². The third-order valence-electron chi connectivity index (χ3n) is 5.44. The Kier molecular flexibility index (Phi) is 6.65. The molecule has 1 aromatic carbocycles. The van der Waals surface area contributed by atoms with Gasteiger partial charge in [-0.15, -0.1) is 20.2 Å². The molecule has 1 unspecified atom stereocenters. The lowest BCUT2D eigenvalue weighted by Crippen LogP contribution is -2.51. The molecule has 0 radical (unpaired) electrons. The fourth-order valence-corrected chi connectivity index (χ4v) is 3.90. The lowest BCUT2D eigenvalue weighted by molar-refractivity contribution is -0.797. The highest BCUT2D eigenvalue weighted by molar-refractivity contribution is 5.94. The second-order valence-electron chi connectivity index (χ2n) is 7.32. The van der Waals surface area contributed by atoms with Gasteiger partial charge in [0, 0.05) is 49.8 Å². The van der Waals surface area contributed by atoms with Crippen LogP contribution < -0.4 is 0 Å². The van der Waals surface area contributed by atoms with E-state index in [0.717, 1.165) is 0 Å². The molecular formula is C17H19N5O10. The summed E-state index contributed by atoms with van der Waals surface area (Å²) in [5.74, 6) is -1.42. The van der Waals surface area contributed by atoms with Crippen LogP contribution in [0.15, 0.2) is 24.3 Å². The number of amides is 2. The first-order valence-corrected chi connectivity index (χ1v) is 9.60. The number of benzene rings is 1. The maximum Gasteiger partial charge on any atom is 0.294 e. The van der Waals surface area contributed by atoms with Gasteiger partial charge in [-0.3, -0.25) is 19.7 Å². The highest BCUT2D eigenvalue weighted by Gasteiger charge is 2.44. The van der Waals surface area contributed by atoms with E-state index in [2.05, 4.69) is 9.68 Å². The van der Waals surface area contributed by atoms with Crippen LogP contribution >= 0.6 is 0 Å². The number of nitro groups is 1. The van der Waals surface area contributed by atoms with E-state index in [4.69, 9.17) is 0 Å². The maximum absolute atomic E-state index is 12.8. The SMILES string of the molecule is O=C(c1ccc([N+](=O)[O-])cc1)N1CCN(C(=O)C2C[C@H](O[N+](=O)[O-])[C@H](O[N+](=O)[O-])C2)CC1. The highest BCUT2D eigenvalue weighted by Crippen LogP contribution is 2.32. The van der Waals surface area contributed by atoms with E-state index in [-0.39, 0.29) is 62.1 Å². The number of carbonyl (C=O) groups is 2. The van der Waals surface area contributed by atoms with Crippen LogP contribution in [-0.2, 0) is 14.5 Å². The van der Waals surface area contributed by atoms with Gasteiger partial charge in [0.1, 0.15) is 12.2 Å². The van der Waals surface area contributed by atoms with Gasteiger partial charge < -0.3 is 19.5 Å². The molecule has 2 amide bonds. The standard InChI is InChI=1S/C17H19N5O10/c23-16(11-1-3-13(4-2-11)20(25)26)18-5-7-19(8-6-18)17(24)12-9-14(31-21(27)28)15(10-12)32-22(29)30/h1-4,12,14-15H,5-10H2/t12?,14-,15+. The number of piperazine rings is 1. The monoisotopic (exact) mass is 453 g/mol. The lowest BCUT2D eigenvalue weighted by atomic mass is 10.1. The average Bonchev–Trinajstić information content (AvgIpc) is 3.13. The quantitative estimate of drug-likeness (QED) is 0.414. The molecule has 3 atom stereocenters. The zero-order chi connectivity index (χ0) is 23.4. The van der Waals surface area contributed by atoms with E-state index in [9.17, 15) is 39.9 Å². The molecule has 0 bridgehead atoms. The number of rotatable bonds is 7. The van der Waals surface area contributed by atoms with Crippen LogP contribution in [0, 0.1) is 36.3 Å². The van der Waals surface area contributed by atoms with Gasteiger partial charge in [0.2, 0.25) is 5.91 Å². The summed E-state index contributed by atoms with van der Waals surface area (Å²) in [7, 11) is 0. The smallest absolute Gasteiger partial charge is 0.294 e. The second kappa shape index (κ2) is 9.40. The number of carbonyl (C=O) groups excluding carboxylic acids is 2. The predicted octanol–water partition coefficient (Wildman–Crippen LogP) is 0.443. The van der Waals surface area contributed by atoms with Crippen LogP contribution in [-0.4, -0.2) is 75.1 Å². The van der Waals surface area contributed by atoms with Gasteiger partial charge in [0.15, 0.2) is 0 Å². The first-order valence-electron chi connectivity index (χ1n) is 9.60. The van der Waals surface area contributed by atoms with E-state index in [1.165, 1.54) is 34.1 Å². The van der Waals surface area contributed by atoms with Gasteiger partial charge in [-0.25, -0.2) is 0 Å². The van der Waals surface area contributed by atoms with Crippen molar-refractivity contribution >= 4 is 17.5 Å². The Bertz CT molecular complexity index is 891. The minimum absolute atomic E-state index is 0.0970. The minimum Gasteiger partial charge on any atom is -0.339 e. The normalized spacial score (nSPS) is 22.8. The van der Waals surface area contributed by atoms with Gasteiger partial charge in [-0.05, 0) is 25.0 Å². The molecule has 1 saturated carbocycles. The molecule has 1 aromatic rings. The molecule has 1 heterocycles. The third kappa shape index (κ3) is 5.16. The summed E-state index contributed by atoms with van der Waals surface area (Å²) in [4.78, 5) is 68.7. The van der Waals surface area contributed by atoms with Crippen molar-refractivity contribution in [2.45, 2.75) is 25.0 Å². The molecule has 2 fully saturated rings. The van der Waals surface area contributed by atoms with E-state index in [1.807, 2.05) is 0 Å². The summed E-state index contributed by atoms with van der Waals surface area (Å²) < 4.78 is 0. The molecule has 1 aliphatic carbocycles. The van der Waals surface area contributed by atoms with E-state index >= 15 is 0 Å². The molecule has 15 heteroatoms. The fraction of sp³-hybridized carbons (Fsp3) is 0.529. The van der Waals surface area contributed by atoms with Gasteiger partial charge in [-0.2, -0.15) is 0 Å². The van der Waals surface area contributed by atoms with Crippen molar-refractivity contribution in [2.75, 3.05) is 26.2 Å². The predicted molar refractivity (Wildman–Crippen MR) is 102 cm³/mol. The summed E-state index contributed by atoms with van der Waals surface area (Å²) in [5, 5.41) is 29.8. The second-order valence-corrected chi connectivity index (χ2v) is 7.32. The fourth-order valence-electron chi connectivity index (χ4n) is 3.90. The third-order valence-corrected chi connectivity index (χ3v) is 5.44. The molecule has 15 nitrogen and oxygen atoms in total. The summed E-state index contributed by atoms with van der Waals surface area (Å²) in [6.45, 7) is 0.848. The van der Waals surface area contributed by atoms with Crippen molar-refractivity contribution in [1.82, 2.24) is 9.80 Å². The molecule has 2 aliphatic rings. The van der Waals surface area contributed by atoms with Crippen LogP contribution in [0.3, 0.4) is 0 Å². The Morgan fingerprint density at radius 1 is 0.812 bits per heavy atom. The number of nitrogens with zero attached hydrogens (tertiary/aromatic N) is 5. The lowest BCUT2D eigenvalue weighted by Gasteiger charge is -2.36. The topological polar surface area (TPSA) is 188 Å². The first-order chi connectivity index (χ1) is 15.2. The largest absolute Gasteiger partial charge is 0.339 e. The average molecular weight is 453 g/mol. The molecule has 1 aliphatic heterocycles. The van der Waals surface area contributed by atoms with Crippen molar-refractivity contribution in [2.24, 2.45) is 5.92 Å². The summed E-state index contributed by atoms with van der Waals surface area (Å²) in [6.07, 6.45) is -2.65. The van der Waals surface area contributed by atoms with E-state index in [1.54, 1.807) is 0 Å². The Morgan fingerprint density at radius 2 is 1.28 bits per heavy atom. The Labute approximate surface area is 179 Å². The zero-order valence-electron chi connectivity index (χ0n) is 16.6. The van der Waals surface area contributed by atoms with Crippen molar-refractivity contribution < 1.29 is 34.4 Å². The first kappa shape index (κ1) is 22.6. The molecule has 0 aromatic heterocycles. The molecule has 1 saturated heterocycles. The van der Waals surface area contributed by atoms with Crippen molar-refractivity contribution in [3.05, 3.63) is 60.2 Å². The molecular weight excluding hydrogens is 434 g/mol. The summed E-state index contributed by atoms with van der Waals surface area (Å²) in [6, 6.07) is 5.20. The van der Waals surface area contributed by atoms with Crippen molar-refractivity contribution in [1.29, 1.82) is 0 Å². The molecule has 3 rings (SSSR count). The van der Waals surface area contributed by atoms with Crippen molar-refractivity contribution in [3.8, 4) is 0 Å². The van der Waals surface area contributed by atoms with Crippen LogP contribution in [0.25, 0.3) is 0 Å². The summed E-state index contributed by atoms with van der Waals surface area (Å²) in [5.41, 5.74) is 0.151. The minimum atomic E-state index is -1.23. The zero-order valence-corrected chi connectivity index (χ0v) is 16.6. The molecule has 0 spiro atoms. The van der Waals surface area contributed by atoms with Gasteiger partial charge in [0.25, 0.3) is 21.8 Å². The van der Waals surface area contributed by atoms with Crippen molar-refractivity contribution in [3.63, 3.8) is 0 Å². The van der Waals surface area contributed by atoms with E-state index in [0.29, 0.717) is 0 Å². The van der Waals surface area contributed by atoms with Crippen LogP contribution in [0.1, 0.15) is 23.2 Å². The van der Waals surface area contributed by atoms with Gasteiger partial charge in [-0.1, -0.05) is 0 Å². The number of hydrogen-bond acceptors (Lipinski definition) is 10. The number of hydrogen-bond donors (Lipinski definition) is 0. The van der Waals surface area contributed by atoms with Gasteiger partial charge in [0.05, 0.1) is 4.92 Å². The Hall–Kier alpha value is -4.04. The number of non-ortho nitro benzene ring substituents is 1. The van der Waals surface area contributed by atoms with Crippen LogP contribution in [0.2, 0.25) is 0 Å².